The molecule has 7 nitrogen and oxygen atoms in total. The summed E-state index contributed by atoms with van der Waals surface area (Å²) in [5.74, 6) is -0.174. The van der Waals surface area contributed by atoms with Gasteiger partial charge in [-0.3, -0.25) is 4.79 Å². The molecule has 0 N–H and O–H groups in total. The van der Waals surface area contributed by atoms with Crippen molar-refractivity contribution in [3.8, 4) is 5.75 Å². The first-order valence-corrected chi connectivity index (χ1v) is 13.0. The highest BCUT2D eigenvalue weighted by atomic mass is 32.2. The number of nitrogens with zero attached hydrogens (tertiary/aromatic N) is 3. The summed E-state index contributed by atoms with van der Waals surface area (Å²) in [6.07, 6.45) is 3.00. The Bertz CT molecular complexity index is 1350. The lowest BCUT2D eigenvalue weighted by Gasteiger charge is -2.30. The highest BCUT2D eigenvalue weighted by molar-refractivity contribution is 7.89. The molecule has 1 aliphatic rings. The summed E-state index contributed by atoms with van der Waals surface area (Å²) < 4.78 is 35.8. The molecule has 0 saturated carbocycles. The molecule has 4 rings (SSSR count). The van der Waals surface area contributed by atoms with E-state index in [4.69, 9.17) is 4.74 Å². The lowest BCUT2D eigenvalue weighted by Crippen LogP contribution is -2.42. The number of aryl methyl sites for hydroxylation is 1. The number of hydrogen-bond acceptors (Lipinski definition) is 5. The molecule has 33 heavy (non-hydrogen) atoms. The quantitative estimate of drug-likeness (QED) is 0.498. The molecule has 174 valence electrons. The number of hydrogen-bond donors (Lipinski definition) is 0. The molecule has 1 amide bonds. The zero-order valence-electron chi connectivity index (χ0n) is 18.7. The van der Waals surface area contributed by atoms with E-state index in [1.807, 2.05) is 23.6 Å². The number of ether oxygens (including phenoxy) is 1. The minimum atomic E-state index is -3.70. The van der Waals surface area contributed by atoms with Crippen LogP contribution in [0, 0.1) is 12.8 Å². The van der Waals surface area contributed by atoms with Crippen molar-refractivity contribution < 1.29 is 17.9 Å². The number of sulfonamides is 1. The number of fused-ring (bicyclic) bond motifs is 1. The Morgan fingerprint density at radius 2 is 2.03 bits per heavy atom. The summed E-state index contributed by atoms with van der Waals surface area (Å²) in [7, 11) is -2.17. The van der Waals surface area contributed by atoms with Crippen LogP contribution >= 0.6 is 11.3 Å². The summed E-state index contributed by atoms with van der Waals surface area (Å²) in [6.45, 7) is 6.90. The Kier molecular flexibility index (Phi) is 6.83. The van der Waals surface area contributed by atoms with Crippen molar-refractivity contribution in [2.75, 3.05) is 20.2 Å². The fraction of sp³-hybridized carbons (Fsp3) is 0.333. The minimum Gasteiger partial charge on any atom is -0.497 e. The molecule has 0 bridgehead atoms. The molecular formula is C24H27N3O4S2. The van der Waals surface area contributed by atoms with E-state index in [1.165, 1.54) is 34.9 Å². The number of benzene rings is 2. The number of aromatic nitrogens is 1. The van der Waals surface area contributed by atoms with E-state index in [0.717, 1.165) is 15.8 Å². The van der Waals surface area contributed by atoms with E-state index in [0.29, 0.717) is 36.5 Å². The van der Waals surface area contributed by atoms with Crippen LogP contribution < -0.4 is 9.54 Å². The van der Waals surface area contributed by atoms with Gasteiger partial charge in [0.2, 0.25) is 10.0 Å². The van der Waals surface area contributed by atoms with Gasteiger partial charge in [0.25, 0.3) is 5.91 Å². The number of carbonyl (C=O) groups is 1. The third-order valence-electron chi connectivity index (χ3n) is 5.79. The monoisotopic (exact) mass is 485 g/mol. The van der Waals surface area contributed by atoms with Crippen molar-refractivity contribution in [3.63, 3.8) is 0 Å². The Morgan fingerprint density at radius 3 is 2.73 bits per heavy atom. The van der Waals surface area contributed by atoms with Gasteiger partial charge in [-0.1, -0.05) is 23.5 Å². The fourth-order valence-corrected chi connectivity index (χ4v) is 6.68. The van der Waals surface area contributed by atoms with Crippen molar-refractivity contribution in [3.05, 3.63) is 65.5 Å². The molecule has 0 aliphatic carbocycles. The zero-order chi connectivity index (χ0) is 23.6. The maximum atomic E-state index is 13.1. The van der Waals surface area contributed by atoms with Gasteiger partial charge in [-0.2, -0.15) is 9.30 Å². The Morgan fingerprint density at radius 1 is 1.27 bits per heavy atom. The Labute approximate surface area is 197 Å². The zero-order valence-corrected chi connectivity index (χ0v) is 20.4. The van der Waals surface area contributed by atoms with Crippen molar-refractivity contribution in [1.82, 2.24) is 8.87 Å². The molecule has 2 aromatic carbocycles. The number of rotatable bonds is 6. The molecule has 1 fully saturated rings. The van der Waals surface area contributed by atoms with Crippen LogP contribution in [0.25, 0.3) is 10.2 Å². The lowest BCUT2D eigenvalue weighted by atomic mass is 9.99. The van der Waals surface area contributed by atoms with Crippen LogP contribution in [0.4, 0.5) is 0 Å². The molecule has 0 radical (unpaired) electrons. The van der Waals surface area contributed by atoms with E-state index in [9.17, 15) is 13.2 Å². The van der Waals surface area contributed by atoms with Crippen LogP contribution in [0.3, 0.4) is 0 Å². The molecule has 1 aliphatic heterocycles. The number of methoxy groups -OCH3 is 1. The predicted molar refractivity (Wildman–Crippen MR) is 130 cm³/mol. The van der Waals surface area contributed by atoms with Gasteiger partial charge in [-0.25, -0.2) is 8.42 Å². The molecule has 3 aromatic rings. The summed E-state index contributed by atoms with van der Waals surface area (Å²) in [4.78, 5) is 18.4. The molecule has 0 spiro atoms. The Balaban J connectivity index is 1.61. The van der Waals surface area contributed by atoms with Gasteiger partial charge in [-0.05, 0) is 61.7 Å². The third kappa shape index (κ3) is 4.80. The average molecular weight is 486 g/mol. The summed E-state index contributed by atoms with van der Waals surface area (Å²) >= 11 is 1.46. The topological polar surface area (TPSA) is 81.0 Å². The molecule has 1 unspecified atom stereocenters. The first kappa shape index (κ1) is 23.4. The highest BCUT2D eigenvalue weighted by Crippen LogP contribution is 2.26. The summed E-state index contributed by atoms with van der Waals surface area (Å²) in [5, 5.41) is 0. The SMILES string of the molecule is C=CCn1c(=NC(=O)C2CCCN(S(=O)(=O)c3ccc(OC)cc3)C2)sc2cc(C)ccc21. The first-order chi connectivity index (χ1) is 15.8. The number of amides is 1. The number of piperidine rings is 1. The minimum absolute atomic E-state index is 0.127. The maximum absolute atomic E-state index is 13.1. The Hall–Kier alpha value is -2.75. The van der Waals surface area contributed by atoms with Crippen LogP contribution in [0.5, 0.6) is 5.75 Å². The van der Waals surface area contributed by atoms with Gasteiger partial charge in [0.1, 0.15) is 5.75 Å². The van der Waals surface area contributed by atoms with E-state index >= 15 is 0 Å². The number of carbonyl (C=O) groups excluding carboxylic acids is 1. The van der Waals surface area contributed by atoms with E-state index in [-0.39, 0.29) is 17.3 Å². The van der Waals surface area contributed by atoms with Gasteiger partial charge >= 0.3 is 0 Å². The van der Waals surface area contributed by atoms with Gasteiger partial charge in [0.15, 0.2) is 4.80 Å². The molecule has 1 aromatic heterocycles. The first-order valence-electron chi connectivity index (χ1n) is 10.8. The number of thiazole rings is 1. The summed E-state index contributed by atoms with van der Waals surface area (Å²) in [6, 6.07) is 12.4. The normalized spacial score (nSPS) is 17.9. The van der Waals surface area contributed by atoms with Crippen molar-refractivity contribution in [2.45, 2.75) is 31.2 Å². The fourth-order valence-electron chi connectivity index (χ4n) is 4.02. The van der Waals surface area contributed by atoms with Gasteiger partial charge in [0.05, 0.1) is 28.1 Å². The highest BCUT2D eigenvalue weighted by Gasteiger charge is 2.33. The van der Waals surface area contributed by atoms with Gasteiger partial charge in [-0.15, -0.1) is 6.58 Å². The number of allylic oxidation sites excluding steroid dienone is 1. The van der Waals surface area contributed by atoms with Gasteiger partial charge < -0.3 is 9.30 Å². The van der Waals surface area contributed by atoms with Gasteiger partial charge in [0, 0.05) is 19.6 Å². The summed E-state index contributed by atoms with van der Waals surface area (Å²) in [5.41, 5.74) is 2.14. The molecule has 2 heterocycles. The standard InChI is InChI=1S/C24H27N3O4S2/c1-4-13-27-21-12-7-17(2)15-22(21)32-24(27)25-23(28)18-6-5-14-26(16-18)33(29,30)20-10-8-19(31-3)9-11-20/h4,7-12,15,18H,1,5-6,13-14,16H2,2-3H3. The molecular weight excluding hydrogens is 458 g/mol. The second-order valence-electron chi connectivity index (χ2n) is 8.08. The van der Waals surface area contributed by atoms with Crippen LogP contribution in [0.15, 0.2) is 65.0 Å². The van der Waals surface area contributed by atoms with Crippen LogP contribution in [-0.2, 0) is 21.4 Å². The van der Waals surface area contributed by atoms with Crippen LogP contribution in [0.2, 0.25) is 0 Å². The largest absolute Gasteiger partial charge is 0.497 e. The maximum Gasteiger partial charge on any atom is 0.252 e. The van der Waals surface area contributed by atoms with Crippen LogP contribution in [-0.4, -0.2) is 43.4 Å². The predicted octanol–water partition coefficient (Wildman–Crippen LogP) is 3.73. The van der Waals surface area contributed by atoms with E-state index in [1.54, 1.807) is 18.2 Å². The van der Waals surface area contributed by atoms with Crippen LogP contribution in [0.1, 0.15) is 18.4 Å². The molecule has 1 saturated heterocycles. The van der Waals surface area contributed by atoms with Crippen molar-refractivity contribution >= 4 is 37.5 Å². The third-order valence-corrected chi connectivity index (χ3v) is 8.71. The second kappa shape index (κ2) is 9.62. The van der Waals surface area contributed by atoms with E-state index < -0.39 is 15.9 Å². The second-order valence-corrected chi connectivity index (χ2v) is 11.0. The van der Waals surface area contributed by atoms with Crippen molar-refractivity contribution in [2.24, 2.45) is 10.9 Å². The molecule has 9 heteroatoms. The van der Waals surface area contributed by atoms with E-state index in [2.05, 4.69) is 17.6 Å². The van der Waals surface area contributed by atoms with Crippen molar-refractivity contribution in [1.29, 1.82) is 0 Å². The smallest absolute Gasteiger partial charge is 0.252 e. The average Bonchev–Trinajstić information content (AvgIpc) is 3.15. The molecule has 1 atom stereocenters. The lowest BCUT2D eigenvalue weighted by molar-refractivity contribution is -0.122.